The van der Waals surface area contributed by atoms with Crippen LogP contribution in [0.3, 0.4) is 0 Å². The van der Waals surface area contributed by atoms with E-state index < -0.39 is 0 Å². The minimum Gasteiger partial charge on any atom is -0.454 e. The number of rotatable bonds is 6. The largest absolute Gasteiger partial charge is 0.454 e. The Labute approximate surface area is 152 Å². The lowest BCUT2D eigenvalue weighted by Crippen LogP contribution is -2.28. The number of fused-ring (bicyclic) bond motifs is 1. The average molecular weight is 354 g/mol. The van der Waals surface area contributed by atoms with E-state index in [4.69, 9.17) is 9.47 Å². The third-order valence-corrected chi connectivity index (χ3v) is 4.20. The Morgan fingerprint density at radius 1 is 1.08 bits per heavy atom. The predicted molar refractivity (Wildman–Crippen MR) is 98.8 cm³/mol. The summed E-state index contributed by atoms with van der Waals surface area (Å²) in [5.41, 5.74) is 1.54. The van der Waals surface area contributed by atoms with Crippen LogP contribution < -0.4 is 14.8 Å². The maximum Gasteiger partial charge on any atom is 0.255 e. The highest BCUT2D eigenvalue weighted by Crippen LogP contribution is 2.34. The van der Waals surface area contributed by atoms with Crippen molar-refractivity contribution in [2.24, 2.45) is 0 Å². The summed E-state index contributed by atoms with van der Waals surface area (Å²) >= 11 is 0. The van der Waals surface area contributed by atoms with E-state index in [1.54, 1.807) is 54.4 Å². The number of amides is 2. The molecule has 0 unspecified atom stereocenters. The molecule has 0 saturated carbocycles. The fourth-order valence-corrected chi connectivity index (χ4v) is 2.69. The molecule has 1 aliphatic heterocycles. The van der Waals surface area contributed by atoms with E-state index in [0.29, 0.717) is 34.9 Å². The zero-order valence-corrected chi connectivity index (χ0v) is 15.0. The van der Waals surface area contributed by atoms with Gasteiger partial charge in [-0.15, -0.1) is 0 Å². The summed E-state index contributed by atoms with van der Waals surface area (Å²) in [5, 5.41) is 2.82. The second-order valence-corrected chi connectivity index (χ2v) is 6.18. The molecular formula is C20H22N2O4. The molecule has 2 amide bonds. The Morgan fingerprint density at radius 3 is 2.65 bits per heavy atom. The van der Waals surface area contributed by atoms with E-state index in [-0.39, 0.29) is 18.6 Å². The van der Waals surface area contributed by atoms with Crippen molar-refractivity contribution in [1.29, 1.82) is 0 Å². The third-order valence-electron chi connectivity index (χ3n) is 4.20. The summed E-state index contributed by atoms with van der Waals surface area (Å²) in [5.74, 6) is 0.890. The second-order valence-electron chi connectivity index (χ2n) is 6.18. The minimum atomic E-state index is -0.283. The van der Waals surface area contributed by atoms with Crippen molar-refractivity contribution >= 4 is 17.5 Å². The standard InChI is InChI=1S/C20H22N2O4/c1-3-4-10-22(2)20(24)15-7-5-6-14(11-15)19(23)21-16-8-9-17-18(12-16)26-13-25-17/h5-9,11-12H,3-4,10,13H2,1-2H3,(H,21,23). The number of anilines is 1. The molecule has 0 saturated heterocycles. The van der Waals surface area contributed by atoms with Crippen LogP contribution in [0, 0.1) is 0 Å². The number of hydrogen-bond donors (Lipinski definition) is 1. The maximum atomic E-state index is 12.5. The molecule has 1 heterocycles. The summed E-state index contributed by atoms with van der Waals surface area (Å²) in [7, 11) is 1.78. The van der Waals surface area contributed by atoms with Crippen LogP contribution in [-0.2, 0) is 0 Å². The van der Waals surface area contributed by atoms with Crippen molar-refractivity contribution in [1.82, 2.24) is 4.90 Å². The Kier molecular flexibility index (Phi) is 5.41. The Balaban J connectivity index is 1.71. The van der Waals surface area contributed by atoms with Crippen LogP contribution in [0.25, 0.3) is 0 Å². The number of nitrogens with zero attached hydrogens (tertiary/aromatic N) is 1. The first-order valence-electron chi connectivity index (χ1n) is 8.65. The lowest BCUT2D eigenvalue weighted by Gasteiger charge is -2.17. The van der Waals surface area contributed by atoms with E-state index in [0.717, 1.165) is 12.8 Å². The molecule has 136 valence electrons. The van der Waals surface area contributed by atoms with Gasteiger partial charge in [-0.3, -0.25) is 9.59 Å². The van der Waals surface area contributed by atoms with Crippen molar-refractivity contribution in [2.45, 2.75) is 19.8 Å². The molecule has 0 aliphatic carbocycles. The van der Waals surface area contributed by atoms with Gasteiger partial charge < -0.3 is 19.7 Å². The average Bonchev–Trinajstić information content (AvgIpc) is 3.13. The Morgan fingerprint density at radius 2 is 1.85 bits per heavy atom. The van der Waals surface area contributed by atoms with E-state index in [1.807, 2.05) is 0 Å². The van der Waals surface area contributed by atoms with Gasteiger partial charge in [0.25, 0.3) is 11.8 Å². The van der Waals surface area contributed by atoms with Crippen LogP contribution in [-0.4, -0.2) is 37.1 Å². The van der Waals surface area contributed by atoms with Crippen LogP contribution in [0.4, 0.5) is 5.69 Å². The van der Waals surface area contributed by atoms with Crippen molar-refractivity contribution in [3.63, 3.8) is 0 Å². The van der Waals surface area contributed by atoms with Gasteiger partial charge in [-0.05, 0) is 36.8 Å². The van der Waals surface area contributed by atoms with Crippen LogP contribution in [0.15, 0.2) is 42.5 Å². The molecule has 0 bridgehead atoms. The normalized spacial score (nSPS) is 11.9. The van der Waals surface area contributed by atoms with Crippen molar-refractivity contribution in [3.05, 3.63) is 53.6 Å². The number of unbranched alkanes of at least 4 members (excludes halogenated alkanes) is 1. The maximum absolute atomic E-state index is 12.5. The number of carbonyl (C=O) groups is 2. The van der Waals surface area contributed by atoms with Gasteiger partial charge in [-0.25, -0.2) is 0 Å². The summed E-state index contributed by atoms with van der Waals surface area (Å²) < 4.78 is 10.6. The molecule has 1 aliphatic rings. The lowest BCUT2D eigenvalue weighted by molar-refractivity contribution is 0.0793. The molecular weight excluding hydrogens is 332 g/mol. The van der Waals surface area contributed by atoms with E-state index >= 15 is 0 Å². The van der Waals surface area contributed by atoms with Gasteiger partial charge in [0.2, 0.25) is 6.79 Å². The topological polar surface area (TPSA) is 67.9 Å². The fraction of sp³-hybridized carbons (Fsp3) is 0.300. The van der Waals surface area contributed by atoms with Crippen molar-refractivity contribution in [2.75, 3.05) is 25.7 Å². The Hall–Kier alpha value is -3.02. The van der Waals surface area contributed by atoms with Gasteiger partial charge in [0.05, 0.1) is 0 Å². The third kappa shape index (κ3) is 3.96. The Bertz CT molecular complexity index is 819. The summed E-state index contributed by atoms with van der Waals surface area (Å²) in [6.07, 6.45) is 1.97. The monoisotopic (exact) mass is 354 g/mol. The molecule has 26 heavy (non-hydrogen) atoms. The first-order valence-corrected chi connectivity index (χ1v) is 8.65. The van der Waals surface area contributed by atoms with Gasteiger partial charge in [0.15, 0.2) is 11.5 Å². The predicted octanol–water partition coefficient (Wildman–Crippen LogP) is 3.54. The summed E-state index contributed by atoms with van der Waals surface area (Å²) in [4.78, 5) is 26.7. The quantitative estimate of drug-likeness (QED) is 0.861. The van der Waals surface area contributed by atoms with Gasteiger partial charge in [-0.2, -0.15) is 0 Å². The number of hydrogen-bond acceptors (Lipinski definition) is 4. The molecule has 0 spiro atoms. The summed E-state index contributed by atoms with van der Waals surface area (Å²) in [6, 6.07) is 12.0. The van der Waals surface area contributed by atoms with Crippen molar-refractivity contribution in [3.8, 4) is 11.5 Å². The minimum absolute atomic E-state index is 0.0869. The molecule has 2 aromatic rings. The van der Waals surface area contributed by atoms with E-state index in [1.165, 1.54) is 0 Å². The van der Waals surface area contributed by atoms with Crippen molar-refractivity contribution < 1.29 is 19.1 Å². The first kappa shape index (κ1) is 17.8. The molecule has 0 fully saturated rings. The summed E-state index contributed by atoms with van der Waals surface area (Å²) in [6.45, 7) is 2.96. The van der Waals surface area contributed by atoms with Crippen LogP contribution in [0.2, 0.25) is 0 Å². The second kappa shape index (κ2) is 7.91. The molecule has 6 heteroatoms. The fourth-order valence-electron chi connectivity index (χ4n) is 2.69. The van der Waals surface area contributed by atoms with Gasteiger partial charge in [0.1, 0.15) is 0 Å². The highest BCUT2D eigenvalue weighted by atomic mass is 16.7. The highest BCUT2D eigenvalue weighted by molar-refractivity contribution is 6.06. The molecule has 0 atom stereocenters. The molecule has 3 rings (SSSR count). The molecule has 0 aromatic heterocycles. The van der Waals surface area contributed by atoms with Crippen LogP contribution in [0.5, 0.6) is 11.5 Å². The van der Waals surface area contributed by atoms with E-state index in [9.17, 15) is 9.59 Å². The van der Waals surface area contributed by atoms with Crippen LogP contribution in [0.1, 0.15) is 40.5 Å². The van der Waals surface area contributed by atoms with Gasteiger partial charge >= 0.3 is 0 Å². The SMILES string of the molecule is CCCCN(C)C(=O)c1cccc(C(=O)Nc2ccc3c(c2)OCO3)c1. The highest BCUT2D eigenvalue weighted by Gasteiger charge is 2.16. The molecule has 6 nitrogen and oxygen atoms in total. The zero-order chi connectivity index (χ0) is 18.5. The zero-order valence-electron chi connectivity index (χ0n) is 15.0. The molecule has 2 aromatic carbocycles. The number of benzene rings is 2. The first-order chi connectivity index (χ1) is 12.6. The number of ether oxygens (including phenoxy) is 2. The molecule has 1 N–H and O–H groups in total. The molecule has 0 radical (unpaired) electrons. The number of carbonyl (C=O) groups excluding carboxylic acids is 2. The number of nitrogens with one attached hydrogen (secondary N) is 1. The smallest absolute Gasteiger partial charge is 0.255 e. The van der Waals surface area contributed by atoms with Crippen LogP contribution >= 0.6 is 0 Å². The van der Waals surface area contributed by atoms with E-state index in [2.05, 4.69) is 12.2 Å². The van der Waals surface area contributed by atoms with Gasteiger partial charge in [-0.1, -0.05) is 19.4 Å². The lowest BCUT2D eigenvalue weighted by atomic mass is 10.1. The van der Waals surface area contributed by atoms with Gasteiger partial charge in [0, 0.05) is 36.5 Å².